The fraction of sp³-hybridized carbons (Fsp3) is 0.800. The third-order valence-electron chi connectivity index (χ3n) is 2.47. The first-order chi connectivity index (χ1) is 5.76. The van der Waals surface area contributed by atoms with Crippen molar-refractivity contribution in [3.63, 3.8) is 0 Å². The van der Waals surface area contributed by atoms with Gasteiger partial charge in [-0.05, 0) is 31.4 Å². The Balaban J connectivity index is 2.45. The summed E-state index contributed by atoms with van der Waals surface area (Å²) in [5.74, 6) is 0.757. The molecule has 1 N–H and O–H groups in total. The van der Waals surface area contributed by atoms with E-state index in [1.54, 1.807) is 0 Å². The molecule has 2 nitrogen and oxygen atoms in total. The third-order valence-corrected chi connectivity index (χ3v) is 2.47. The lowest BCUT2D eigenvalue weighted by molar-refractivity contribution is 0.237. The van der Waals surface area contributed by atoms with Crippen LogP contribution >= 0.6 is 0 Å². The zero-order valence-electron chi connectivity index (χ0n) is 8.08. The second-order valence-electron chi connectivity index (χ2n) is 3.84. The predicted octanol–water partition coefficient (Wildman–Crippen LogP) is 2.18. The normalized spacial score (nSPS) is 29.5. The molecule has 1 atom stereocenters. The molecule has 12 heavy (non-hydrogen) atoms. The summed E-state index contributed by atoms with van der Waals surface area (Å²) in [7, 11) is 2.12. The van der Waals surface area contributed by atoms with Crippen LogP contribution in [0.1, 0.15) is 26.2 Å². The largest absolute Gasteiger partial charge is 0.516 e. The summed E-state index contributed by atoms with van der Waals surface area (Å²) in [6.45, 7) is 4.35. The highest BCUT2D eigenvalue weighted by Gasteiger charge is 2.19. The molecule has 1 heterocycles. The molecule has 2 heteroatoms. The maximum Gasteiger partial charge on any atom is 0.0796 e. The molecule has 0 aromatic carbocycles. The molecule has 0 bridgehead atoms. The molecule has 0 spiro atoms. The van der Waals surface area contributed by atoms with Crippen LogP contribution in [0.15, 0.2) is 11.8 Å². The van der Waals surface area contributed by atoms with Crippen molar-refractivity contribution in [1.82, 2.24) is 4.90 Å². The summed E-state index contributed by atoms with van der Waals surface area (Å²) in [6, 6.07) is 0. The summed E-state index contributed by atoms with van der Waals surface area (Å²) >= 11 is 0. The summed E-state index contributed by atoms with van der Waals surface area (Å²) in [6.07, 6.45) is 4.91. The van der Waals surface area contributed by atoms with E-state index < -0.39 is 0 Å². The molecule has 1 aliphatic heterocycles. The van der Waals surface area contributed by atoms with Crippen LogP contribution in [0.4, 0.5) is 0 Å². The van der Waals surface area contributed by atoms with E-state index in [-0.39, 0.29) is 0 Å². The molecule has 0 radical (unpaired) electrons. The number of rotatable bonds is 2. The van der Waals surface area contributed by atoms with E-state index in [0.29, 0.717) is 0 Å². The van der Waals surface area contributed by atoms with E-state index in [2.05, 4.69) is 18.9 Å². The maximum atomic E-state index is 8.91. The van der Waals surface area contributed by atoms with Gasteiger partial charge in [-0.15, -0.1) is 0 Å². The molecule has 0 unspecified atom stereocenters. The van der Waals surface area contributed by atoms with Gasteiger partial charge in [0.25, 0.3) is 0 Å². The number of nitrogens with zero attached hydrogens (tertiary/aromatic N) is 1. The molecule has 1 saturated heterocycles. The molecule has 0 aromatic heterocycles. The van der Waals surface area contributed by atoms with Gasteiger partial charge in [0.15, 0.2) is 0 Å². The molecule has 0 aliphatic carbocycles. The van der Waals surface area contributed by atoms with Crippen molar-refractivity contribution in [2.45, 2.75) is 26.2 Å². The van der Waals surface area contributed by atoms with Crippen LogP contribution in [-0.4, -0.2) is 30.1 Å². The van der Waals surface area contributed by atoms with Crippen LogP contribution in [-0.2, 0) is 0 Å². The van der Waals surface area contributed by atoms with Crippen molar-refractivity contribution in [3.8, 4) is 0 Å². The summed E-state index contributed by atoms with van der Waals surface area (Å²) in [4.78, 5) is 2.28. The van der Waals surface area contributed by atoms with Gasteiger partial charge in [0.2, 0.25) is 0 Å². The highest BCUT2D eigenvalue weighted by molar-refractivity contribution is 5.04. The Hall–Kier alpha value is -0.500. The van der Waals surface area contributed by atoms with Crippen LogP contribution in [0, 0.1) is 5.92 Å². The Morgan fingerprint density at radius 3 is 3.00 bits per heavy atom. The number of aliphatic hydroxyl groups is 1. The van der Waals surface area contributed by atoms with E-state index in [4.69, 9.17) is 5.11 Å². The van der Waals surface area contributed by atoms with E-state index in [0.717, 1.165) is 18.9 Å². The first kappa shape index (κ1) is 9.59. The molecule has 0 amide bonds. The van der Waals surface area contributed by atoms with Crippen molar-refractivity contribution < 1.29 is 5.11 Å². The maximum absolute atomic E-state index is 8.91. The molecule has 0 aromatic rings. The quantitative estimate of drug-likeness (QED) is 0.640. The standard InChI is InChI=1S/C10H19NO/c1-3-4-9-5-10(8-12)7-11(2)6-9/h8-9,12H,3-7H2,1-2H3/b10-8-/t9-/m1/s1. The Morgan fingerprint density at radius 1 is 1.67 bits per heavy atom. The minimum Gasteiger partial charge on any atom is -0.516 e. The van der Waals surface area contributed by atoms with Crippen LogP contribution in [0.25, 0.3) is 0 Å². The smallest absolute Gasteiger partial charge is 0.0796 e. The second kappa shape index (κ2) is 4.51. The van der Waals surface area contributed by atoms with Crippen LogP contribution in [0.2, 0.25) is 0 Å². The SMILES string of the molecule is CCC[C@@H]1C/C(=C/O)CN(C)C1. The Morgan fingerprint density at radius 2 is 2.42 bits per heavy atom. The zero-order chi connectivity index (χ0) is 8.97. The number of hydrogen-bond acceptors (Lipinski definition) is 2. The van der Waals surface area contributed by atoms with Gasteiger partial charge in [0.1, 0.15) is 0 Å². The fourth-order valence-corrected chi connectivity index (χ4v) is 2.05. The highest BCUT2D eigenvalue weighted by Crippen LogP contribution is 2.23. The topological polar surface area (TPSA) is 23.5 Å². The second-order valence-corrected chi connectivity index (χ2v) is 3.84. The fourth-order valence-electron chi connectivity index (χ4n) is 2.05. The van der Waals surface area contributed by atoms with Gasteiger partial charge in [-0.2, -0.15) is 0 Å². The third kappa shape index (κ3) is 2.52. The van der Waals surface area contributed by atoms with Gasteiger partial charge in [0, 0.05) is 13.1 Å². The average Bonchev–Trinajstić information content (AvgIpc) is 2.04. The van der Waals surface area contributed by atoms with Gasteiger partial charge < -0.3 is 10.0 Å². The number of likely N-dealkylation sites (tertiary alicyclic amines) is 1. The van der Waals surface area contributed by atoms with Crippen molar-refractivity contribution in [1.29, 1.82) is 0 Å². The van der Waals surface area contributed by atoms with E-state index in [1.807, 2.05) is 0 Å². The first-order valence-electron chi connectivity index (χ1n) is 4.77. The molecule has 0 saturated carbocycles. The van der Waals surface area contributed by atoms with E-state index in [1.165, 1.54) is 31.2 Å². The lowest BCUT2D eigenvalue weighted by Crippen LogP contribution is -2.33. The van der Waals surface area contributed by atoms with Crippen molar-refractivity contribution >= 4 is 0 Å². The van der Waals surface area contributed by atoms with Crippen molar-refractivity contribution in [2.24, 2.45) is 5.92 Å². The van der Waals surface area contributed by atoms with E-state index >= 15 is 0 Å². The monoisotopic (exact) mass is 169 g/mol. The Kier molecular flexibility index (Phi) is 3.60. The number of hydrogen-bond donors (Lipinski definition) is 1. The van der Waals surface area contributed by atoms with Crippen LogP contribution < -0.4 is 0 Å². The predicted molar refractivity (Wildman–Crippen MR) is 51.2 cm³/mol. The van der Waals surface area contributed by atoms with Gasteiger partial charge in [-0.1, -0.05) is 13.3 Å². The van der Waals surface area contributed by atoms with Crippen molar-refractivity contribution in [2.75, 3.05) is 20.1 Å². The number of aliphatic hydroxyl groups excluding tert-OH is 1. The summed E-state index contributed by atoms with van der Waals surface area (Å²) < 4.78 is 0. The molecule has 1 aliphatic rings. The van der Waals surface area contributed by atoms with Gasteiger partial charge >= 0.3 is 0 Å². The van der Waals surface area contributed by atoms with E-state index in [9.17, 15) is 0 Å². The number of piperidine rings is 1. The zero-order valence-corrected chi connectivity index (χ0v) is 8.08. The molecular formula is C10H19NO. The number of likely N-dealkylation sites (N-methyl/N-ethyl adjacent to an activating group) is 1. The minimum atomic E-state index is 0.757. The Bertz CT molecular complexity index is 165. The van der Waals surface area contributed by atoms with Gasteiger partial charge in [0.05, 0.1) is 6.26 Å². The van der Waals surface area contributed by atoms with Crippen molar-refractivity contribution in [3.05, 3.63) is 11.8 Å². The highest BCUT2D eigenvalue weighted by atomic mass is 16.2. The van der Waals surface area contributed by atoms with Crippen LogP contribution in [0.3, 0.4) is 0 Å². The first-order valence-corrected chi connectivity index (χ1v) is 4.77. The van der Waals surface area contributed by atoms with Gasteiger partial charge in [-0.3, -0.25) is 0 Å². The molecule has 1 fully saturated rings. The Labute approximate surface area is 74.9 Å². The van der Waals surface area contributed by atoms with Gasteiger partial charge in [-0.25, -0.2) is 0 Å². The summed E-state index contributed by atoms with van der Waals surface area (Å²) in [5, 5.41) is 8.91. The molecule has 70 valence electrons. The lowest BCUT2D eigenvalue weighted by atomic mass is 9.91. The molecular weight excluding hydrogens is 150 g/mol. The minimum absolute atomic E-state index is 0.757. The average molecular weight is 169 g/mol. The summed E-state index contributed by atoms with van der Waals surface area (Å²) in [5.41, 5.74) is 1.18. The lowest BCUT2D eigenvalue weighted by Gasteiger charge is -2.31. The molecule has 1 rings (SSSR count). The van der Waals surface area contributed by atoms with Crippen LogP contribution in [0.5, 0.6) is 0 Å².